The minimum Gasteiger partial charge on any atom is -0.366 e. The Kier molecular flexibility index (Phi) is 5.97. The maximum Gasteiger partial charge on any atom is 0.233 e. The Bertz CT molecular complexity index is 1110. The average molecular weight is 447 g/mol. The lowest BCUT2D eigenvalue weighted by atomic mass is 10.1. The van der Waals surface area contributed by atoms with E-state index in [4.69, 9.17) is 11.6 Å². The highest BCUT2D eigenvalue weighted by Gasteiger charge is 2.23. The van der Waals surface area contributed by atoms with Crippen molar-refractivity contribution in [2.75, 3.05) is 36.8 Å². The number of hydrogen-bond donors (Lipinski definition) is 1. The van der Waals surface area contributed by atoms with E-state index in [2.05, 4.69) is 9.97 Å². The van der Waals surface area contributed by atoms with Gasteiger partial charge in [0.25, 0.3) is 0 Å². The number of nitrogens with one attached hydrogen (secondary N) is 1. The highest BCUT2D eigenvalue weighted by molar-refractivity contribution is 7.99. The van der Waals surface area contributed by atoms with E-state index in [-0.39, 0.29) is 17.4 Å². The topological polar surface area (TPSA) is 69.3 Å². The van der Waals surface area contributed by atoms with Crippen LogP contribution in [0.1, 0.15) is 17.3 Å². The zero-order chi connectivity index (χ0) is 21.3. The molecule has 3 aromatic rings. The molecule has 2 aromatic carbocycles. The van der Waals surface area contributed by atoms with Crippen molar-refractivity contribution >= 4 is 51.8 Å². The first-order valence-electron chi connectivity index (χ1n) is 9.52. The van der Waals surface area contributed by atoms with Gasteiger partial charge in [-0.2, -0.15) is 0 Å². The van der Waals surface area contributed by atoms with Crippen molar-refractivity contribution in [1.29, 1.82) is 0 Å². The second-order valence-electron chi connectivity index (χ2n) is 7.08. The largest absolute Gasteiger partial charge is 0.366 e. The number of hydrogen-bond acceptors (Lipinski definition) is 5. The molecular weight excluding hydrogens is 427 g/mol. The fourth-order valence-electron chi connectivity index (χ4n) is 3.43. The van der Waals surface area contributed by atoms with Crippen molar-refractivity contribution in [3.8, 4) is 0 Å². The number of carbonyl (C=O) groups excluding carboxylic acids is 2. The molecule has 6 nitrogen and oxygen atoms in total. The Labute approximate surface area is 182 Å². The predicted molar refractivity (Wildman–Crippen MR) is 117 cm³/mol. The number of ketones is 1. The van der Waals surface area contributed by atoms with E-state index in [0.717, 1.165) is 11.0 Å². The number of carbonyl (C=O) groups is 2. The Morgan fingerprint density at radius 1 is 1.17 bits per heavy atom. The Morgan fingerprint density at radius 3 is 2.63 bits per heavy atom. The number of nitrogens with zero attached hydrogens (tertiary/aromatic N) is 3. The fourth-order valence-corrected chi connectivity index (χ4v) is 4.39. The molecule has 4 rings (SSSR count). The van der Waals surface area contributed by atoms with Crippen LogP contribution in [-0.2, 0) is 4.79 Å². The molecule has 1 N–H and O–H groups in total. The second kappa shape index (κ2) is 8.65. The molecule has 1 aliphatic heterocycles. The molecule has 0 atom stereocenters. The molecule has 1 fully saturated rings. The molecule has 0 aliphatic carbocycles. The van der Waals surface area contributed by atoms with Crippen molar-refractivity contribution in [2.45, 2.75) is 12.1 Å². The molecule has 0 bridgehead atoms. The van der Waals surface area contributed by atoms with E-state index < -0.39 is 5.82 Å². The molecule has 1 aromatic heterocycles. The Morgan fingerprint density at radius 2 is 1.93 bits per heavy atom. The summed E-state index contributed by atoms with van der Waals surface area (Å²) in [4.78, 5) is 35.3. The van der Waals surface area contributed by atoms with Gasteiger partial charge in [-0.15, -0.1) is 0 Å². The van der Waals surface area contributed by atoms with E-state index in [9.17, 15) is 14.0 Å². The van der Waals surface area contributed by atoms with E-state index in [0.29, 0.717) is 47.6 Å². The van der Waals surface area contributed by atoms with Crippen molar-refractivity contribution in [1.82, 2.24) is 14.9 Å². The minimum atomic E-state index is -0.414. The van der Waals surface area contributed by atoms with Gasteiger partial charge in [0.1, 0.15) is 5.82 Å². The van der Waals surface area contributed by atoms with Crippen molar-refractivity contribution < 1.29 is 14.0 Å². The first-order valence-corrected chi connectivity index (χ1v) is 10.9. The van der Waals surface area contributed by atoms with E-state index in [1.165, 1.54) is 24.8 Å². The van der Waals surface area contributed by atoms with E-state index in [1.54, 1.807) is 29.2 Å². The standard InChI is InChI=1S/C21H20ClFN4O2S/c1-13(28)14-2-5-19(16(23)10-14)26-6-8-27(9-7-26)20(29)12-30-21-24-17-4-3-15(22)11-18(17)25-21/h2-5,10-11H,6-9,12H2,1H3,(H,24,25). The van der Waals surface area contributed by atoms with Crippen molar-refractivity contribution in [3.05, 3.63) is 52.8 Å². The number of piperazine rings is 1. The van der Waals surface area contributed by atoms with Gasteiger partial charge in [0.2, 0.25) is 5.91 Å². The molecule has 0 radical (unpaired) electrons. The van der Waals surface area contributed by atoms with Gasteiger partial charge in [0, 0.05) is 36.8 Å². The molecule has 156 valence electrons. The summed E-state index contributed by atoms with van der Waals surface area (Å²) in [7, 11) is 0. The van der Waals surface area contributed by atoms with Crippen LogP contribution in [0.15, 0.2) is 41.6 Å². The van der Waals surface area contributed by atoms with Gasteiger partial charge in [-0.3, -0.25) is 9.59 Å². The van der Waals surface area contributed by atoms with Crippen LogP contribution in [0.25, 0.3) is 11.0 Å². The van der Waals surface area contributed by atoms with E-state index >= 15 is 0 Å². The number of Topliss-reactive ketones (excluding diaryl/α,β-unsaturated/α-hetero) is 1. The normalized spacial score (nSPS) is 14.4. The highest BCUT2D eigenvalue weighted by atomic mass is 35.5. The van der Waals surface area contributed by atoms with Gasteiger partial charge in [-0.05, 0) is 43.3 Å². The van der Waals surface area contributed by atoms with Gasteiger partial charge in [-0.25, -0.2) is 9.37 Å². The van der Waals surface area contributed by atoms with Gasteiger partial charge in [0.15, 0.2) is 10.9 Å². The summed E-state index contributed by atoms with van der Waals surface area (Å²) in [6.07, 6.45) is 0. The Balaban J connectivity index is 1.32. The lowest BCUT2D eigenvalue weighted by Crippen LogP contribution is -2.49. The number of imidazole rings is 1. The molecule has 30 heavy (non-hydrogen) atoms. The summed E-state index contributed by atoms with van der Waals surface area (Å²) in [5.74, 6) is -0.288. The van der Waals surface area contributed by atoms with Gasteiger partial charge >= 0.3 is 0 Å². The summed E-state index contributed by atoms with van der Waals surface area (Å²) in [6.45, 7) is 3.52. The number of H-pyrrole nitrogens is 1. The maximum absolute atomic E-state index is 14.4. The fraction of sp³-hybridized carbons (Fsp3) is 0.286. The number of fused-ring (bicyclic) bond motifs is 1. The van der Waals surface area contributed by atoms with Gasteiger partial charge in [0.05, 0.1) is 22.5 Å². The average Bonchev–Trinajstić information content (AvgIpc) is 3.14. The number of benzene rings is 2. The van der Waals surface area contributed by atoms with Crippen LogP contribution < -0.4 is 4.90 Å². The molecule has 0 saturated carbocycles. The van der Waals surface area contributed by atoms with E-state index in [1.807, 2.05) is 11.0 Å². The number of amides is 1. The number of anilines is 1. The van der Waals surface area contributed by atoms with Gasteiger partial charge < -0.3 is 14.8 Å². The number of aromatic nitrogens is 2. The molecule has 2 heterocycles. The number of aromatic amines is 1. The molecule has 1 amide bonds. The Hall–Kier alpha value is -2.58. The number of thioether (sulfide) groups is 1. The smallest absolute Gasteiger partial charge is 0.233 e. The third-order valence-electron chi connectivity index (χ3n) is 5.08. The monoisotopic (exact) mass is 446 g/mol. The van der Waals surface area contributed by atoms with Gasteiger partial charge in [-0.1, -0.05) is 23.4 Å². The SMILES string of the molecule is CC(=O)c1ccc(N2CCN(C(=O)CSc3nc4ccc(Cl)cc4[nH]3)CC2)c(F)c1. The maximum atomic E-state index is 14.4. The van der Waals surface area contributed by atoms with Crippen molar-refractivity contribution in [3.63, 3.8) is 0 Å². The van der Waals surface area contributed by atoms with Crippen LogP contribution in [0, 0.1) is 5.82 Å². The molecule has 9 heteroatoms. The third-order valence-corrected chi connectivity index (χ3v) is 6.18. The van der Waals surface area contributed by atoms with Crippen LogP contribution in [0.5, 0.6) is 0 Å². The van der Waals surface area contributed by atoms with Crippen LogP contribution in [-0.4, -0.2) is 58.5 Å². The highest BCUT2D eigenvalue weighted by Crippen LogP contribution is 2.24. The van der Waals surface area contributed by atoms with Crippen molar-refractivity contribution in [2.24, 2.45) is 0 Å². The first-order chi connectivity index (χ1) is 14.4. The van der Waals surface area contributed by atoms with Crippen LogP contribution in [0.3, 0.4) is 0 Å². The van der Waals surface area contributed by atoms with Crippen LogP contribution in [0.2, 0.25) is 5.02 Å². The minimum absolute atomic E-state index is 0.0190. The number of halogens is 2. The summed E-state index contributed by atoms with van der Waals surface area (Å²) >= 11 is 7.34. The van der Waals surface area contributed by atoms with Crippen LogP contribution >= 0.6 is 23.4 Å². The first kappa shape index (κ1) is 20.7. The molecule has 1 aliphatic rings. The predicted octanol–water partition coefficient (Wildman–Crippen LogP) is 4.00. The molecular formula is C21H20ClFN4O2S. The molecule has 1 saturated heterocycles. The summed E-state index contributed by atoms with van der Waals surface area (Å²) < 4.78 is 14.4. The molecule has 0 unspecified atom stereocenters. The van der Waals surface area contributed by atoms with Crippen LogP contribution in [0.4, 0.5) is 10.1 Å². The zero-order valence-corrected chi connectivity index (χ0v) is 17.9. The summed E-state index contributed by atoms with van der Waals surface area (Å²) in [5.41, 5.74) is 2.46. The quantitative estimate of drug-likeness (QED) is 0.474. The lowest BCUT2D eigenvalue weighted by molar-refractivity contribution is -0.128. The second-order valence-corrected chi connectivity index (χ2v) is 8.48. The number of rotatable bonds is 5. The lowest BCUT2D eigenvalue weighted by Gasteiger charge is -2.36. The summed E-state index contributed by atoms with van der Waals surface area (Å²) in [5, 5.41) is 1.30. The third kappa shape index (κ3) is 4.44. The molecule has 0 spiro atoms. The summed E-state index contributed by atoms with van der Waals surface area (Å²) in [6, 6.07) is 9.95. The zero-order valence-electron chi connectivity index (χ0n) is 16.3.